The minimum absolute atomic E-state index is 0.00844. The maximum absolute atomic E-state index is 13.1. The van der Waals surface area contributed by atoms with Crippen molar-refractivity contribution in [2.75, 3.05) is 26.0 Å². The van der Waals surface area contributed by atoms with Gasteiger partial charge in [-0.15, -0.1) is 0 Å². The number of rotatable bonds is 6. The van der Waals surface area contributed by atoms with Gasteiger partial charge in [-0.25, -0.2) is 21.1 Å². The molecular formula is C20H25N3O6S2. The highest BCUT2D eigenvalue weighted by atomic mass is 32.2. The predicted octanol–water partition coefficient (Wildman–Crippen LogP) is 1.01. The predicted molar refractivity (Wildman–Crippen MR) is 115 cm³/mol. The van der Waals surface area contributed by atoms with Crippen LogP contribution in [-0.4, -0.2) is 69.2 Å². The summed E-state index contributed by atoms with van der Waals surface area (Å²) in [5.74, 6) is -0.647. The summed E-state index contributed by atoms with van der Waals surface area (Å²) < 4.78 is 52.8. The number of anilines is 1. The summed E-state index contributed by atoms with van der Waals surface area (Å²) in [6.07, 6.45) is -1.05. The van der Waals surface area contributed by atoms with Gasteiger partial charge in [0.2, 0.25) is 26.0 Å². The SMILES string of the molecule is Cc1ccc(S(=O)(=O)N2CC(O)CC2C(=O)Nc2cccc(S(=O)(=O)N(C)C)c2)cc1. The van der Waals surface area contributed by atoms with Gasteiger partial charge in [0.1, 0.15) is 6.04 Å². The molecule has 1 amide bonds. The molecule has 0 radical (unpaired) electrons. The molecule has 1 fully saturated rings. The van der Waals surface area contributed by atoms with E-state index in [0.29, 0.717) is 0 Å². The average molecular weight is 468 g/mol. The lowest BCUT2D eigenvalue weighted by atomic mass is 10.2. The van der Waals surface area contributed by atoms with E-state index in [-0.39, 0.29) is 28.4 Å². The highest BCUT2D eigenvalue weighted by molar-refractivity contribution is 7.89. The van der Waals surface area contributed by atoms with E-state index in [1.807, 2.05) is 6.92 Å². The van der Waals surface area contributed by atoms with Crippen LogP contribution in [0.5, 0.6) is 0 Å². The van der Waals surface area contributed by atoms with Crippen LogP contribution in [0.3, 0.4) is 0 Å². The fraction of sp³-hybridized carbons (Fsp3) is 0.350. The number of aliphatic hydroxyl groups is 1. The zero-order valence-corrected chi connectivity index (χ0v) is 19.0. The van der Waals surface area contributed by atoms with E-state index in [0.717, 1.165) is 14.2 Å². The molecule has 0 saturated carbocycles. The number of hydrogen-bond donors (Lipinski definition) is 2. The number of aliphatic hydroxyl groups excluding tert-OH is 1. The maximum atomic E-state index is 13.1. The second-order valence-electron chi connectivity index (χ2n) is 7.60. The van der Waals surface area contributed by atoms with Gasteiger partial charge in [0.25, 0.3) is 0 Å². The molecule has 168 valence electrons. The number of sulfonamides is 2. The third-order valence-electron chi connectivity index (χ3n) is 5.04. The molecule has 1 aliphatic rings. The van der Waals surface area contributed by atoms with Crippen molar-refractivity contribution in [3.63, 3.8) is 0 Å². The zero-order valence-electron chi connectivity index (χ0n) is 17.4. The first-order valence-corrected chi connectivity index (χ1v) is 12.4. The van der Waals surface area contributed by atoms with Crippen LogP contribution in [0.2, 0.25) is 0 Å². The smallest absolute Gasteiger partial charge is 0.243 e. The van der Waals surface area contributed by atoms with E-state index >= 15 is 0 Å². The van der Waals surface area contributed by atoms with Crippen molar-refractivity contribution in [1.29, 1.82) is 0 Å². The Morgan fingerprint density at radius 2 is 1.71 bits per heavy atom. The van der Waals surface area contributed by atoms with Crippen molar-refractivity contribution in [2.45, 2.75) is 35.3 Å². The van der Waals surface area contributed by atoms with Crippen molar-refractivity contribution >= 4 is 31.6 Å². The van der Waals surface area contributed by atoms with Gasteiger partial charge in [-0.05, 0) is 37.3 Å². The van der Waals surface area contributed by atoms with Crippen LogP contribution in [0.1, 0.15) is 12.0 Å². The van der Waals surface area contributed by atoms with E-state index in [1.54, 1.807) is 12.1 Å². The molecule has 0 spiro atoms. The van der Waals surface area contributed by atoms with Gasteiger partial charge in [0, 0.05) is 32.7 Å². The Kier molecular flexibility index (Phi) is 6.53. The molecule has 0 aromatic heterocycles. The third-order valence-corrected chi connectivity index (χ3v) is 8.74. The topological polar surface area (TPSA) is 124 Å². The van der Waals surface area contributed by atoms with Gasteiger partial charge in [0.15, 0.2) is 0 Å². The number of aryl methyl sites for hydroxylation is 1. The molecule has 11 heteroatoms. The van der Waals surface area contributed by atoms with Crippen LogP contribution in [0.25, 0.3) is 0 Å². The van der Waals surface area contributed by atoms with Crippen LogP contribution in [-0.2, 0) is 24.8 Å². The van der Waals surface area contributed by atoms with Crippen LogP contribution < -0.4 is 5.32 Å². The second kappa shape index (κ2) is 8.67. The van der Waals surface area contributed by atoms with Gasteiger partial charge in [-0.2, -0.15) is 4.31 Å². The zero-order chi connectivity index (χ0) is 23.0. The Bertz CT molecular complexity index is 1180. The van der Waals surface area contributed by atoms with E-state index in [2.05, 4.69) is 5.32 Å². The molecule has 0 aliphatic carbocycles. The molecular weight excluding hydrogens is 442 g/mol. The fourth-order valence-electron chi connectivity index (χ4n) is 3.30. The third kappa shape index (κ3) is 4.80. The van der Waals surface area contributed by atoms with Crippen molar-refractivity contribution in [3.8, 4) is 0 Å². The number of nitrogens with zero attached hydrogens (tertiary/aromatic N) is 2. The summed E-state index contributed by atoms with van der Waals surface area (Å²) in [5, 5.41) is 12.7. The number of carbonyl (C=O) groups excluding carboxylic acids is 1. The fourth-order valence-corrected chi connectivity index (χ4v) is 5.89. The molecule has 2 aromatic carbocycles. The average Bonchev–Trinajstić information content (AvgIpc) is 3.11. The Labute approximate surface area is 182 Å². The Morgan fingerprint density at radius 3 is 2.32 bits per heavy atom. The number of hydrogen-bond acceptors (Lipinski definition) is 6. The normalized spacial score (nSPS) is 20.2. The first-order valence-electron chi connectivity index (χ1n) is 9.53. The molecule has 2 aromatic rings. The Balaban J connectivity index is 1.86. The number of β-amino-alcohol motifs (C(OH)–C–C–N with tert-alkyl or cyclic N) is 1. The number of benzene rings is 2. The highest BCUT2D eigenvalue weighted by Gasteiger charge is 2.43. The van der Waals surface area contributed by atoms with Crippen LogP contribution >= 0.6 is 0 Å². The summed E-state index contributed by atoms with van der Waals surface area (Å²) in [6, 6.07) is 10.8. The Morgan fingerprint density at radius 1 is 1.06 bits per heavy atom. The van der Waals surface area contributed by atoms with Crippen molar-refractivity contribution in [2.24, 2.45) is 0 Å². The van der Waals surface area contributed by atoms with Crippen molar-refractivity contribution < 1.29 is 26.7 Å². The summed E-state index contributed by atoms with van der Waals surface area (Å²) in [7, 11) is -4.91. The van der Waals surface area contributed by atoms with Gasteiger partial charge in [0.05, 0.1) is 15.9 Å². The van der Waals surface area contributed by atoms with Crippen LogP contribution in [0, 0.1) is 6.92 Å². The molecule has 2 atom stereocenters. The summed E-state index contributed by atoms with van der Waals surface area (Å²) >= 11 is 0. The lowest BCUT2D eigenvalue weighted by Crippen LogP contribution is -2.43. The summed E-state index contributed by atoms with van der Waals surface area (Å²) in [4.78, 5) is 12.9. The number of nitrogens with one attached hydrogen (secondary N) is 1. The van der Waals surface area contributed by atoms with Gasteiger partial charge >= 0.3 is 0 Å². The largest absolute Gasteiger partial charge is 0.392 e. The molecule has 0 bridgehead atoms. The van der Waals surface area contributed by atoms with E-state index in [1.165, 1.54) is 50.5 Å². The molecule has 3 rings (SSSR count). The quantitative estimate of drug-likeness (QED) is 0.653. The molecule has 31 heavy (non-hydrogen) atoms. The van der Waals surface area contributed by atoms with Crippen molar-refractivity contribution in [3.05, 3.63) is 54.1 Å². The maximum Gasteiger partial charge on any atom is 0.243 e. The number of amides is 1. The molecule has 9 nitrogen and oxygen atoms in total. The van der Waals surface area contributed by atoms with Crippen molar-refractivity contribution in [1.82, 2.24) is 8.61 Å². The standard InChI is InChI=1S/C20H25N3O6S2/c1-14-7-9-17(10-8-14)31(28,29)23-13-16(24)12-19(23)20(25)21-15-5-4-6-18(11-15)30(26,27)22(2)3/h4-11,16,19,24H,12-13H2,1-3H3,(H,21,25). The van der Waals surface area contributed by atoms with E-state index < -0.39 is 38.1 Å². The number of carbonyl (C=O) groups is 1. The van der Waals surface area contributed by atoms with Gasteiger partial charge in [-0.3, -0.25) is 4.79 Å². The van der Waals surface area contributed by atoms with Crippen LogP contribution in [0.4, 0.5) is 5.69 Å². The van der Waals surface area contributed by atoms with E-state index in [4.69, 9.17) is 0 Å². The summed E-state index contributed by atoms with van der Waals surface area (Å²) in [5.41, 5.74) is 1.10. The molecule has 1 saturated heterocycles. The highest BCUT2D eigenvalue weighted by Crippen LogP contribution is 2.28. The minimum Gasteiger partial charge on any atom is -0.392 e. The monoisotopic (exact) mass is 467 g/mol. The minimum atomic E-state index is -4.01. The lowest BCUT2D eigenvalue weighted by Gasteiger charge is -2.23. The molecule has 2 N–H and O–H groups in total. The lowest BCUT2D eigenvalue weighted by molar-refractivity contribution is -0.119. The Hall–Kier alpha value is -2.31. The van der Waals surface area contributed by atoms with Gasteiger partial charge < -0.3 is 10.4 Å². The van der Waals surface area contributed by atoms with Gasteiger partial charge in [-0.1, -0.05) is 23.8 Å². The second-order valence-corrected chi connectivity index (χ2v) is 11.6. The molecule has 2 unspecified atom stereocenters. The first-order chi connectivity index (χ1) is 14.4. The van der Waals surface area contributed by atoms with Crippen LogP contribution in [0.15, 0.2) is 58.3 Å². The molecule has 1 aliphatic heterocycles. The van der Waals surface area contributed by atoms with E-state index in [9.17, 15) is 26.7 Å². The molecule has 1 heterocycles. The first kappa shape index (κ1) is 23.4. The summed E-state index contributed by atoms with van der Waals surface area (Å²) in [6.45, 7) is 1.63.